The van der Waals surface area contributed by atoms with Gasteiger partial charge in [-0.1, -0.05) is 60.7 Å². The fraction of sp³-hybridized carbons (Fsp3) is 0.226. The molecule has 38 heavy (non-hydrogen) atoms. The molecule has 1 unspecified atom stereocenters. The van der Waals surface area contributed by atoms with Crippen molar-refractivity contribution < 1.29 is 13.9 Å². The summed E-state index contributed by atoms with van der Waals surface area (Å²) in [4.78, 5) is 23.0. The summed E-state index contributed by atoms with van der Waals surface area (Å²) in [6, 6.07) is 26.1. The molecule has 2 N–H and O–H groups in total. The highest BCUT2D eigenvalue weighted by Gasteiger charge is 2.18. The molecule has 0 radical (unpaired) electrons. The number of H-pyrrole nitrogens is 1. The van der Waals surface area contributed by atoms with Crippen LogP contribution in [0.25, 0.3) is 10.9 Å². The van der Waals surface area contributed by atoms with E-state index in [0.717, 1.165) is 35.4 Å². The van der Waals surface area contributed by atoms with Crippen molar-refractivity contribution in [3.8, 4) is 5.75 Å². The Labute approximate surface area is 222 Å². The van der Waals surface area contributed by atoms with Crippen LogP contribution in [0.15, 0.2) is 95.7 Å². The van der Waals surface area contributed by atoms with Crippen molar-refractivity contribution in [3.05, 3.63) is 120 Å². The summed E-state index contributed by atoms with van der Waals surface area (Å²) >= 11 is 0. The Hall–Kier alpha value is -4.36. The molecule has 0 spiro atoms. The number of rotatable bonds is 11. The molecular weight excluding hydrogens is 476 g/mol. The van der Waals surface area contributed by atoms with Crippen molar-refractivity contribution in [3.63, 3.8) is 0 Å². The van der Waals surface area contributed by atoms with Crippen LogP contribution in [0.5, 0.6) is 5.75 Å². The van der Waals surface area contributed by atoms with Crippen molar-refractivity contribution >= 4 is 16.8 Å². The van der Waals surface area contributed by atoms with E-state index in [1.54, 1.807) is 7.11 Å². The van der Waals surface area contributed by atoms with Gasteiger partial charge in [0.15, 0.2) is 5.69 Å². The minimum absolute atomic E-state index is 0.135. The number of para-hydroxylation sites is 1. The van der Waals surface area contributed by atoms with Crippen LogP contribution in [-0.2, 0) is 19.5 Å². The third-order valence-corrected chi connectivity index (χ3v) is 6.70. The maximum absolute atomic E-state index is 12.8. The highest BCUT2D eigenvalue weighted by atomic mass is 16.5. The van der Waals surface area contributed by atoms with Gasteiger partial charge in [-0.15, -0.1) is 0 Å². The number of methoxy groups -OCH3 is 1. The van der Waals surface area contributed by atoms with Gasteiger partial charge in [0.05, 0.1) is 19.7 Å². The molecule has 7 nitrogen and oxygen atoms in total. The Morgan fingerprint density at radius 1 is 1.05 bits per heavy atom. The lowest BCUT2D eigenvalue weighted by atomic mass is 10.1. The molecule has 3 aromatic carbocycles. The number of oxazole rings is 1. The molecule has 0 aliphatic rings. The lowest BCUT2D eigenvalue weighted by Crippen LogP contribution is -2.27. The Bertz CT molecular complexity index is 1490. The number of nitrogens with zero attached hydrogens (tertiary/aromatic N) is 2. The number of carbonyl (C=O) groups is 1. The highest BCUT2D eigenvalue weighted by molar-refractivity contribution is 5.92. The number of fused-ring (bicyclic) bond motifs is 1. The molecule has 0 saturated heterocycles. The van der Waals surface area contributed by atoms with Gasteiger partial charge in [0.2, 0.25) is 5.89 Å². The van der Waals surface area contributed by atoms with E-state index in [-0.39, 0.29) is 17.6 Å². The number of ether oxygens (including phenoxy) is 1. The zero-order chi connectivity index (χ0) is 26.3. The maximum atomic E-state index is 12.8. The first-order valence-corrected chi connectivity index (χ1v) is 12.8. The number of hydrogen-bond acceptors (Lipinski definition) is 5. The Morgan fingerprint density at radius 2 is 1.87 bits per heavy atom. The van der Waals surface area contributed by atoms with Crippen LogP contribution >= 0.6 is 0 Å². The number of aromatic amines is 1. The number of amides is 1. The predicted octanol–water partition coefficient (Wildman–Crippen LogP) is 5.90. The Kier molecular flexibility index (Phi) is 7.85. The first-order chi connectivity index (χ1) is 18.6. The Morgan fingerprint density at radius 3 is 2.71 bits per heavy atom. The average molecular weight is 509 g/mol. The molecule has 5 rings (SSSR count). The standard InChI is InChI=1S/C31H32N4O3/c1-22(24-10-4-3-5-11-24)33-31(36)29-21-38-30(34-29)20-35(19-23-9-8-12-26(17-23)37-2)16-15-25-18-32-28-14-7-6-13-27(25)28/h3-14,17-18,21-22,32H,15-16,19-20H2,1-2H3,(H,33,36). The average Bonchev–Trinajstić information content (AvgIpc) is 3.59. The van der Waals surface area contributed by atoms with Gasteiger partial charge in [0, 0.05) is 30.2 Å². The van der Waals surface area contributed by atoms with Gasteiger partial charge in [0.1, 0.15) is 12.0 Å². The third-order valence-electron chi connectivity index (χ3n) is 6.70. The van der Waals surface area contributed by atoms with Crippen molar-refractivity contribution in [2.45, 2.75) is 32.5 Å². The number of carbonyl (C=O) groups excluding carboxylic acids is 1. The smallest absolute Gasteiger partial charge is 0.273 e. The van der Waals surface area contributed by atoms with Crippen LogP contribution in [-0.4, -0.2) is 34.4 Å². The van der Waals surface area contributed by atoms with Crippen LogP contribution in [0.4, 0.5) is 0 Å². The number of hydrogen-bond donors (Lipinski definition) is 2. The summed E-state index contributed by atoms with van der Waals surface area (Å²) in [5.41, 5.74) is 4.84. The number of aromatic nitrogens is 2. The lowest BCUT2D eigenvalue weighted by Gasteiger charge is -2.21. The SMILES string of the molecule is COc1cccc(CN(CCc2c[nH]c3ccccc23)Cc2nc(C(=O)NC(C)c3ccccc3)co2)c1. The third kappa shape index (κ3) is 6.12. The van der Waals surface area contributed by atoms with Gasteiger partial charge < -0.3 is 19.5 Å². The van der Waals surface area contributed by atoms with Gasteiger partial charge in [-0.05, 0) is 48.2 Å². The van der Waals surface area contributed by atoms with E-state index in [4.69, 9.17) is 9.15 Å². The summed E-state index contributed by atoms with van der Waals surface area (Å²) in [6.45, 7) is 3.90. The monoisotopic (exact) mass is 508 g/mol. The molecule has 0 saturated carbocycles. The summed E-state index contributed by atoms with van der Waals surface area (Å²) in [5, 5.41) is 4.23. The van der Waals surface area contributed by atoms with Crippen molar-refractivity contribution in [2.75, 3.05) is 13.7 Å². The quantitative estimate of drug-likeness (QED) is 0.232. The highest BCUT2D eigenvalue weighted by Crippen LogP contribution is 2.21. The van der Waals surface area contributed by atoms with E-state index in [2.05, 4.69) is 50.6 Å². The second-order valence-corrected chi connectivity index (χ2v) is 9.40. The topological polar surface area (TPSA) is 83.4 Å². The van der Waals surface area contributed by atoms with Gasteiger partial charge in [-0.2, -0.15) is 0 Å². The van der Waals surface area contributed by atoms with Crippen molar-refractivity contribution in [1.29, 1.82) is 0 Å². The molecule has 7 heteroatoms. The zero-order valence-corrected chi connectivity index (χ0v) is 21.7. The van der Waals surface area contributed by atoms with Crippen LogP contribution in [0.2, 0.25) is 0 Å². The molecule has 2 heterocycles. The molecule has 194 valence electrons. The van der Waals surface area contributed by atoms with E-state index in [9.17, 15) is 4.79 Å². The summed E-state index contributed by atoms with van der Waals surface area (Å²) in [7, 11) is 1.67. The lowest BCUT2D eigenvalue weighted by molar-refractivity contribution is 0.0934. The molecule has 1 amide bonds. The van der Waals surface area contributed by atoms with E-state index >= 15 is 0 Å². The molecule has 1 atom stereocenters. The molecule has 0 aliphatic heterocycles. The van der Waals surface area contributed by atoms with Gasteiger partial charge >= 0.3 is 0 Å². The van der Waals surface area contributed by atoms with Gasteiger partial charge in [-0.25, -0.2) is 4.98 Å². The van der Waals surface area contributed by atoms with Crippen molar-refractivity contribution in [2.24, 2.45) is 0 Å². The number of benzene rings is 3. The molecule has 0 bridgehead atoms. The summed E-state index contributed by atoms with van der Waals surface area (Å²) in [6.07, 6.45) is 4.37. The van der Waals surface area contributed by atoms with E-state index in [0.29, 0.717) is 19.0 Å². The zero-order valence-electron chi connectivity index (χ0n) is 21.7. The first kappa shape index (κ1) is 25.3. The Balaban J connectivity index is 1.29. The summed E-state index contributed by atoms with van der Waals surface area (Å²) < 4.78 is 11.2. The second kappa shape index (κ2) is 11.8. The molecule has 2 aromatic heterocycles. The summed E-state index contributed by atoms with van der Waals surface area (Å²) in [5.74, 6) is 1.07. The van der Waals surface area contributed by atoms with Gasteiger partial charge in [-0.3, -0.25) is 9.69 Å². The van der Waals surface area contributed by atoms with Crippen LogP contribution in [0.3, 0.4) is 0 Å². The van der Waals surface area contributed by atoms with E-state index in [1.165, 1.54) is 17.2 Å². The van der Waals surface area contributed by atoms with Crippen LogP contribution in [0.1, 0.15) is 46.0 Å². The largest absolute Gasteiger partial charge is 0.497 e. The minimum Gasteiger partial charge on any atom is -0.497 e. The van der Waals surface area contributed by atoms with Gasteiger partial charge in [0.25, 0.3) is 5.91 Å². The van der Waals surface area contributed by atoms with Crippen molar-refractivity contribution in [1.82, 2.24) is 20.2 Å². The molecule has 5 aromatic rings. The molecule has 0 aliphatic carbocycles. The molecule has 0 fully saturated rings. The van der Waals surface area contributed by atoms with Crippen LogP contribution < -0.4 is 10.1 Å². The normalized spacial score (nSPS) is 12.1. The van der Waals surface area contributed by atoms with Crippen LogP contribution in [0, 0.1) is 0 Å². The predicted molar refractivity (Wildman–Crippen MR) is 148 cm³/mol. The first-order valence-electron chi connectivity index (χ1n) is 12.8. The maximum Gasteiger partial charge on any atom is 0.273 e. The molecular formula is C31H32N4O3. The van der Waals surface area contributed by atoms with E-state index < -0.39 is 0 Å². The minimum atomic E-state index is -0.255. The fourth-order valence-corrected chi connectivity index (χ4v) is 4.63. The second-order valence-electron chi connectivity index (χ2n) is 9.40. The fourth-order valence-electron chi connectivity index (χ4n) is 4.63. The van der Waals surface area contributed by atoms with E-state index in [1.807, 2.05) is 61.5 Å². The number of nitrogens with one attached hydrogen (secondary N) is 2.